The largest absolute Gasteiger partial charge is 0.394 e. The van der Waals surface area contributed by atoms with Crippen LogP contribution in [0.2, 0.25) is 0 Å². The lowest BCUT2D eigenvalue weighted by atomic mass is 10.2. The molecule has 0 aliphatic heterocycles. The Labute approximate surface area is 58.1 Å². The van der Waals surface area contributed by atoms with Crippen molar-refractivity contribution < 1.29 is 0 Å². The molecule has 0 bridgehead atoms. The molecule has 4 nitrogen and oxygen atoms in total. The van der Waals surface area contributed by atoms with Crippen LogP contribution >= 0.6 is 0 Å². The summed E-state index contributed by atoms with van der Waals surface area (Å²) in [6.45, 7) is 1.92. The van der Waals surface area contributed by atoms with Crippen LogP contribution in [0.15, 0.2) is 11.0 Å². The lowest BCUT2D eigenvalue weighted by Gasteiger charge is -1.96. The third-order valence-electron chi connectivity index (χ3n) is 1.36. The quantitative estimate of drug-likeness (QED) is 0.571. The van der Waals surface area contributed by atoms with Crippen LogP contribution in [-0.2, 0) is 6.42 Å². The molecule has 1 aromatic heterocycles. The van der Waals surface area contributed by atoms with Gasteiger partial charge in [-0.25, -0.2) is 5.10 Å². The van der Waals surface area contributed by atoms with Gasteiger partial charge in [0.1, 0.15) is 5.69 Å². The highest BCUT2D eigenvalue weighted by atomic mass is 16.1. The van der Waals surface area contributed by atoms with E-state index >= 15 is 0 Å². The van der Waals surface area contributed by atoms with Gasteiger partial charge < -0.3 is 5.73 Å². The second-order valence-electron chi connectivity index (χ2n) is 1.99. The number of anilines is 1. The zero-order chi connectivity index (χ0) is 7.56. The monoisotopic (exact) mass is 139 g/mol. The van der Waals surface area contributed by atoms with Crippen molar-refractivity contribution >= 4 is 5.69 Å². The Balaban J connectivity index is 3.28. The van der Waals surface area contributed by atoms with E-state index in [1.165, 1.54) is 0 Å². The van der Waals surface area contributed by atoms with Crippen LogP contribution < -0.4 is 11.3 Å². The topological polar surface area (TPSA) is 71.8 Å². The number of rotatable bonds is 1. The molecule has 4 heteroatoms. The number of aromatic amines is 1. The zero-order valence-electron chi connectivity index (χ0n) is 5.72. The molecule has 0 aliphatic rings. The number of hydrogen-bond donors (Lipinski definition) is 2. The number of nitrogens with two attached hydrogens (primary N) is 1. The van der Waals surface area contributed by atoms with Gasteiger partial charge >= 0.3 is 0 Å². The van der Waals surface area contributed by atoms with Gasteiger partial charge in [0.15, 0.2) is 0 Å². The number of nitrogens with one attached hydrogen (secondary N) is 1. The third kappa shape index (κ3) is 1.00. The Morgan fingerprint density at radius 2 is 2.50 bits per heavy atom. The summed E-state index contributed by atoms with van der Waals surface area (Å²) in [4.78, 5) is 10.8. The molecule has 1 rings (SSSR count). The van der Waals surface area contributed by atoms with E-state index in [1.807, 2.05) is 6.92 Å². The number of aromatic nitrogens is 2. The predicted molar refractivity (Wildman–Crippen MR) is 38.6 cm³/mol. The fourth-order valence-corrected chi connectivity index (χ4v) is 0.726. The van der Waals surface area contributed by atoms with Crippen molar-refractivity contribution in [3.05, 3.63) is 22.1 Å². The highest BCUT2D eigenvalue weighted by Gasteiger charge is 1.98. The van der Waals surface area contributed by atoms with Crippen LogP contribution in [0.25, 0.3) is 0 Å². The smallest absolute Gasteiger partial charge is 0.287 e. The molecule has 1 aromatic rings. The van der Waals surface area contributed by atoms with Gasteiger partial charge in [0, 0.05) is 5.56 Å². The molecule has 10 heavy (non-hydrogen) atoms. The van der Waals surface area contributed by atoms with E-state index in [0.717, 1.165) is 12.0 Å². The van der Waals surface area contributed by atoms with Crippen molar-refractivity contribution in [1.82, 2.24) is 10.2 Å². The molecule has 0 saturated heterocycles. The fourth-order valence-electron chi connectivity index (χ4n) is 0.726. The van der Waals surface area contributed by atoms with E-state index in [0.29, 0.717) is 0 Å². The number of hydrogen-bond acceptors (Lipinski definition) is 3. The fraction of sp³-hybridized carbons (Fsp3) is 0.333. The van der Waals surface area contributed by atoms with Gasteiger partial charge in [-0.2, -0.15) is 5.10 Å². The summed E-state index contributed by atoms with van der Waals surface area (Å²) in [5, 5.41) is 5.84. The molecule has 1 heterocycles. The first-order chi connectivity index (χ1) is 4.75. The molecule has 3 N–H and O–H groups in total. The van der Waals surface area contributed by atoms with Crippen LogP contribution in [0.1, 0.15) is 12.5 Å². The molecular weight excluding hydrogens is 130 g/mol. The second-order valence-corrected chi connectivity index (χ2v) is 1.99. The van der Waals surface area contributed by atoms with E-state index in [9.17, 15) is 4.79 Å². The first-order valence-electron chi connectivity index (χ1n) is 3.07. The van der Waals surface area contributed by atoms with Crippen molar-refractivity contribution in [2.45, 2.75) is 13.3 Å². The highest BCUT2D eigenvalue weighted by Crippen LogP contribution is 2.01. The van der Waals surface area contributed by atoms with E-state index in [-0.39, 0.29) is 11.2 Å². The average molecular weight is 139 g/mol. The van der Waals surface area contributed by atoms with Gasteiger partial charge in [0.25, 0.3) is 5.56 Å². The highest BCUT2D eigenvalue weighted by molar-refractivity contribution is 5.42. The SMILES string of the molecule is CCc1cn[nH]c(=O)c1N. The maximum Gasteiger partial charge on any atom is 0.287 e. The van der Waals surface area contributed by atoms with Gasteiger partial charge in [-0.05, 0) is 6.42 Å². The number of aryl methyl sites for hydroxylation is 1. The van der Waals surface area contributed by atoms with Crippen molar-refractivity contribution in [3.8, 4) is 0 Å². The Morgan fingerprint density at radius 1 is 1.80 bits per heavy atom. The summed E-state index contributed by atoms with van der Waals surface area (Å²) in [5.41, 5.74) is 6.17. The average Bonchev–Trinajstić information content (AvgIpc) is 1.95. The first-order valence-corrected chi connectivity index (χ1v) is 3.07. The molecular formula is C6H9N3O. The second kappa shape index (κ2) is 2.51. The molecule has 0 unspecified atom stereocenters. The molecule has 0 aliphatic carbocycles. The van der Waals surface area contributed by atoms with Gasteiger partial charge in [0.2, 0.25) is 0 Å². The minimum atomic E-state index is -0.306. The van der Waals surface area contributed by atoms with Crippen molar-refractivity contribution in [2.75, 3.05) is 5.73 Å². The van der Waals surface area contributed by atoms with E-state index in [1.54, 1.807) is 6.20 Å². The van der Waals surface area contributed by atoms with Crippen molar-refractivity contribution in [3.63, 3.8) is 0 Å². The Morgan fingerprint density at radius 3 is 3.00 bits per heavy atom. The minimum Gasteiger partial charge on any atom is -0.394 e. The predicted octanol–water partition coefficient (Wildman–Crippen LogP) is -0.0855. The van der Waals surface area contributed by atoms with Crippen molar-refractivity contribution in [2.24, 2.45) is 0 Å². The van der Waals surface area contributed by atoms with Crippen LogP contribution in [0, 0.1) is 0 Å². The Bertz CT molecular complexity index is 279. The molecule has 54 valence electrons. The Hall–Kier alpha value is -1.32. The zero-order valence-corrected chi connectivity index (χ0v) is 5.72. The summed E-state index contributed by atoms with van der Waals surface area (Å²) in [7, 11) is 0. The summed E-state index contributed by atoms with van der Waals surface area (Å²) >= 11 is 0. The number of nitrogen functional groups attached to an aromatic ring is 1. The van der Waals surface area contributed by atoms with Crippen LogP contribution in [0.5, 0.6) is 0 Å². The molecule has 0 amide bonds. The summed E-state index contributed by atoms with van der Waals surface area (Å²) in [6, 6.07) is 0. The van der Waals surface area contributed by atoms with Gasteiger partial charge in [-0.15, -0.1) is 0 Å². The lowest BCUT2D eigenvalue weighted by molar-refractivity contribution is 0.955. The molecule has 0 saturated carbocycles. The molecule has 0 atom stereocenters. The lowest BCUT2D eigenvalue weighted by Crippen LogP contribution is -2.15. The number of nitrogens with zero attached hydrogens (tertiary/aromatic N) is 1. The third-order valence-corrected chi connectivity index (χ3v) is 1.36. The molecule has 0 aromatic carbocycles. The molecule has 0 spiro atoms. The standard InChI is InChI=1S/C6H9N3O/c1-2-4-3-8-9-6(10)5(4)7/h3H,2H2,1H3,(H2,7,8)(H,9,10). The van der Waals surface area contributed by atoms with Crippen molar-refractivity contribution in [1.29, 1.82) is 0 Å². The minimum absolute atomic E-state index is 0.275. The van der Waals surface area contributed by atoms with Crippen LogP contribution in [0.3, 0.4) is 0 Å². The summed E-state index contributed by atoms with van der Waals surface area (Å²) < 4.78 is 0. The maximum absolute atomic E-state index is 10.8. The molecule has 0 radical (unpaired) electrons. The van der Waals surface area contributed by atoms with Gasteiger partial charge in [-0.3, -0.25) is 4.79 Å². The number of H-pyrrole nitrogens is 1. The van der Waals surface area contributed by atoms with E-state index in [2.05, 4.69) is 10.2 Å². The molecule has 0 fully saturated rings. The van der Waals surface area contributed by atoms with Gasteiger partial charge in [0.05, 0.1) is 6.20 Å². The first kappa shape index (κ1) is 6.80. The van der Waals surface area contributed by atoms with Crippen LogP contribution in [-0.4, -0.2) is 10.2 Å². The van der Waals surface area contributed by atoms with E-state index in [4.69, 9.17) is 5.73 Å². The summed E-state index contributed by atoms with van der Waals surface area (Å²) in [5.74, 6) is 0. The Kier molecular flexibility index (Phi) is 1.71. The van der Waals surface area contributed by atoms with Gasteiger partial charge in [-0.1, -0.05) is 6.92 Å². The maximum atomic E-state index is 10.8. The normalized spacial score (nSPS) is 9.70. The summed E-state index contributed by atoms with van der Waals surface area (Å²) in [6.07, 6.45) is 2.31. The van der Waals surface area contributed by atoms with Crippen LogP contribution in [0.4, 0.5) is 5.69 Å². The van der Waals surface area contributed by atoms with E-state index < -0.39 is 0 Å².